The lowest BCUT2D eigenvalue weighted by molar-refractivity contribution is -0.122. The third-order valence-electron chi connectivity index (χ3n) is 3.22. The molecule has 2 rings (SSSR count). The monoisotopic (exact) mass is 263 g/mol. The highest BCUT2D eigenvalue weighted by molar-refractivity contribution is 5.99. The zero-order chi connectivity index (χ0) is 14.0. The first kappa shape index (κ1) is 13.4. The summed E-state index contributed by atoms with van der Waals surface area (Å²) in [7, 11) is 0. The van der Waals surface area contributed by atoms with Crippen molar-refractivity contribution in [3.63, 3.8) is 0 Å². The number of hydrogen-bond acceptors (Lipinski definition) is 4. The lowest BCUT2D eigenvalue weighted by atomic mass is 10.1. The number of phenolic OH excluding ortho intramolecular Hbond substituents is 1. The maximum Gasteiger partial charge on any atom is 0.258 e. The Bertz CT molecular complexity index is 516. The second kappa shape index (κ2) is 5.27. The molecule has 0 bridgehead atoms. The van der Waals surface area contributed by atoms with E-state index in [9.17, 15) is 14.7 Å². The van der Waals surface area contributed by atoms with Crippen molar-refractivity contribution >= 4 is 11.8 Å². The van der Waals surface area contributed by atoms with Crippen LogP contribution in [0.25, 0.3) is 0 Å². The summed E-state index contributed by atoms with van der Waals surface area (Å²) in [5.41, 5.74) is 6.36. The number of amides is 2. The molecule has 6 heteroatoms. The Morgan fingerprint density at radius 1 is 1.47 bits per heavy atom. The Labute approximate surface area is 111 Å². The van der Waals surface area contributed by atoms with E-state index in [0.29, 0.717) is 19.6 Å². The van der Waals surface area contributed by atoms with E-state index in [1.807, 2.05) is 6.92 Å². The van der Waals surface area contributed by atoms with Crippen LogP contribution >= 0.6 is 0 Å². The zero-order valence-corrected chi connectivity index (χ0v) is 10.7. The number of hydrogen-bond donors (Lipinski definition) is 3. The van der Waals surface area contributed by atoms with Gasteiger partial charge in [0.1, 0.15) is 11.8 Å². The van der Waals surface area contributed by atoms with Crippen LogP contribution in [0.15, 0.2) is 18.2 Å². The van der Waals surface area contributed by atoms with Crippen molar-refractivity contribution in [2.45, 2.75) is 13.0 Å². The normalized spacial score (nSPS) is 19.2. The standard InChI is InChI=1S/C13H17N3O3/c1-8-2-3-9(11(17)6-8)13(19)16-5-4-15-7-10(16)12(14)18/h2-3,6,10,15,17H,4-5,7H2,1H3,(H2,14,18). The summed E-state index contributed by atoms with van der Waals surface area (Å²) in [6.45, 7) is 3.15. The molecule has 6 nitrogen and oxygen atoms in total. The number of piperazine rings is 1. The molecule has 0 spiro atoms. The molecule has 4 N–H and O–H groups in total. The third kappa shape index (κ3) is 2.68. The molecule has 1 aromatic carbocycles. The summed E-state index contributed by atoms with van der Waals surface area (Å²) in [5.74, 6) is -0.998. The SMILES string of the molecule is Cc1ccc(C(=O)N2CCNCC2C(N)=O)c(O)c1. The Hall–Kier alpha value is -2.08. The molecule has 1 aromatic rings. The van der Waals surface area contributed by atoms with Crippen LogP contribution in [0.1, 0.15) is 15.9 Å². The molecule has 0 aromatic heterocycles. The van der Waals surface area contributed by atoms with E-state index in [-0.39, 0.29) is 17.2 Å². The Morgan fingerprint density at radius 2 is 2.21 bits per heavy atom. The molecule has 102 valence electrons. The molecule has 1 fully saturated rings. The van der Waals surface area contributed by atoms with E-state index < -0.39 is 11.9 Å². The lowest BCUT2D eigenvalue weighted by Gasteiger charge is -2.34. The molecule has 0 radical (unpaired) electrons. The summed E-state index contributed by atoms with van der Waals surface area (Å²) in [4.78, 5) is 25.1. The average Bonchev–Trinajstić information content (AvgIpc) is 2.38. The Kier molecular flexibility index (Phi) is 3.71. The molecule has 1 aliphatic heterocycles. The maximum atomic E-state index is 12.4. The number of aryl methyl sites for hydroxylation is 1. The number of nitrogens with one attached hydrogen (secondary N) is 1. The summed E-state index contributed by atoms with van der Waals surface area (Å²) in [5, 5.41) is 12.9. The van der Waals surface area contributed by atoms with E-state index in [2.05, 4.69) is 5.32 Å². The van der Waals surface area contributed by atoms with Crippen LogP contribution in [-0.4, -0.2) is 47.5 Å². The van der Waals surface area contributed by atoms with E-state index >= 15 is 0 Å². The molecule has 0 aliphatic carbocycles. The number of aromatic hydroxyl groups is 1. The smallest absolute Gasteiger partial charge is 0.258 e. The van der Waals surface area contributed by atoms with E-state index in [1.54, 1.807) is 12.1 Å². The number of nitrogens with zero attached hydrogens (tertiary/aromatic N) is 1. The van der Waals surface area contributed by atoms with Crippen LogP contribution in [0.3, 0.4) is 0 Å². The number of carbonyl (C=O) groups is 2. The van der Waals surface area contributed by atoms with E-state index in [4.69, 9.17) is 5.73 Å². The zero-order valence-electron chi connectivity index (χ0n) is 10.7. The van der Waals surface area contributed by atoms with Gasteiger partial charge in [-0.25, -0.2) is 0 Å². The van der Waals surface area contributed by atoms with E-state index in [0.717, 1.165) is 5.56 Å². The highest BCUT2D eigenvalue weighted by Crippen LogP contribution is 2.21. The highest BCUT2D eigenvalue weighted by Gasteiger charge is 2.32. The van der Waals surface area contributed by atoms with Gasteiger partial charge in [-0.3, -0.25) is 9.59 Å². The van der Waals surface area contributed by atoms with Crippen molar-refractivity contribution in [2.24, 2.45) is 5.73 Å². The number of phenols is 1. The van der Waals surface area contributed by atoms with Gasteiger partial charge in [0.25, 0.3) is 5.91 Å². The quantitative estimate of drug-likeness (QED) is 0.676. The Morgan fingerprint density at radius 3 is 2.84 bits per heavy atom. The fourth-order valence-electron chi connectivity index (χ4n) is 2.18. The molecule has 2 amide bonds. The Balaban J connectivity index is 2.28. The van der Waals surface area contributed by atoms with Gasteiger partial charge in [0, 0.05) is 19.6 Å². The maximum absolute atomic E-state index is 12.4. The fourth-order valence-corrected chi connectivity index (χ4v) is 2.18. The predicted molar refractivity (Wildman–Crippen MR) is 69.7 cm³/mol. The minimum atomic E-state index is -0.679. The topological polar surface area (TPSA) is 95.7 Å². The molecule has 0 saturated carbocycles. The fraction of sp³-hybridized carbons (Fsp3) is 0.385. The summed E-state index contributed by atoms with van der Waals surface area (Å²) in [6, 6.07) is 4.15. The second-order valence-corrected chi connectivity index (χ2v) is 4.64. The number of primary amides is 1. The average molecular weight is 263 g/mol. The van der Waals surface area contributed by atoms with Gasteiger partial charge in [0.2, 0.25) is 5.91 Å². The van der Waals surface area contributed by atoms with Crippen LogP contribution in [0.2, 0.25) is 0 Å². The second-order valence-electron chi connectivity index (χ2n) is 4.64. The van der Waals surface area contributed by atoms with E-state index in [1.165, 1.54) is 11.0 Å². The van der Waals surface area contributed by atoms with Gasteiger partial charge in [-0.1, -0.05) is 6.07 Å². The molecule has 1 atom stereocenters. The minimum Gasteiger partial charge on any atom is -0.507 e. The lowest BCUT2D eigenvalue weighted by Crippen LogP contribution is -2.58. The highest BCUT2D eigenvalue weighted by atomic mass is 16.3. The summed E-state index contributed by atoms with van der Waals surface area (Å²) < 4.78 is 0. The largest absolute Gasteiger partial charge is 0.507 e. The number of nitrogens with two attached hydrogens (primary N) is 1. The first-order valence-corrected chi connectivity index (χ1v) is 6.11. The first-order chi connectivity index (χ1) is 9.00. The van der Waals surface area contributed by atoms with Gasteiger partial charge in [-0.05, 0) is 24.6 Å². The third-order valence-corrected chi connectivity index (χ3v) is 3.22. The number of benzene rings is 1. The summed E-state index contributed by atoms with van der Waals surface area (Å²) in [6.07, 6.45) is 0. The minimum absolute atomic E-state index is 0.0771. The van der Waals surface area contributed by atoms with Gasteiger partial charge < -0.3 is 21.1 Å². The van der Waals surface area contributed by atoms with Crippen LogP contribution in [0.4, 0.5) is 0 Å². The van der Waals surface area contributed by atoms with Crippen molar-refractivity contribution in [1.29, 1.82) is 0 Å². The summed E-state index contributed by atoms with van der Waals surface area (Å²) >= 11 is 0. The predicted octanol–water partition coefficient (Wildman–Crippen LogP) is -0.400. The molecule has 1 aliphatic rings. The molecule has 19 heavy (non-hydrogen) atoms. The molecule has 1 unspecified atom stereocenters. The van der Waals surface area contributed by atoms with Gasteiger partial charge in [-0.2, -0.15) is 0 Å². The van der Waals surface area contributed by atoms with Crippen LogP contribution in [0.5, 0.6) is 5.75 Å². The van der Waals surface area contributed by atoms with Crippen molar-refractivity contribution < 1.29 is 14.7 Å². The number of carbonyl (C=O) groups excluding carboxylic acids is 2. The van der Waals surface area contributed by atoms with Crippen molar-refractivity contribution in [3.05, 3.63) is 29.3 Å². The van der Waals surface area contributed by atoms with Crippen molar-refractivity contribution in [2.75, 3.05) is 19.6 Å². The van der Waals surface area contributed by atoms with Gasteiger partial charge >= 0.3 is 0 Å². The van der Waals surface area contributed by atoms with Gasteiger partial charge in [0.15, 0.2) is 0 Å². The molecule has 1 saturated heterocycles. The van der Waals surface area contributed by atoms with Gasteiger partial charge in [0.05, 0.1) is 5.56 Å². The first-order valence-electron chi connectivity index (χ1n) is 6.11. The molecule has 1 heterocycles. The van der Waals surface area contributed by atoms with Crippen molar-refractivity contribution in [1.82, 2.24) is 10.2 Å². The van der Waals surface area contributed by atoms with Crippen LogP contribution in [-0.2, 0) is 4.79 Å². The van der Waals surface area contributed by atoms with Crippen LogP contribution in [0, 0.1) is 6.92 Å². The van der Waals surface area contributed by atoms with Crippen LogP contribution < -0.4 is 11.1 Å². The molecular weight excluding hydrogens is 246 g/mol. The molecular formula is C13H17N3O3. The number of rotatable bonds is 2. The van der Waals surface area contributed by atoms with Crippen molar-refractivity contribution in [3.8, 4) is 5.75 Å². The van der Waals surface area contributed by atoms with Gasteiger partial charge in [-0.15, -0.1) is 0 Å².